The number of amides is 1. The molecular weight excluding hydrogens is 729 g/mol. The van der Waals surface area contributed by atoms with E-state index in [1.54, 1.807) is 18.6 Å². The van der Waals surface area contributed by atoms with Crippen molar-refractivity contribution in [3.63, 3.8) is 0 Å². The zero-order chi connectivity index (χ0) is 33.8. The first-order valence-corrected chi connectivity index (χ1v) is 16.0. The average Bonchev–Trinajstić information content (AvgIpc) is 3.12. The van der Waals surface area contributed by atoms with Crippen LogP contribution in [0.3, 0.4) is 0 Å². The molecule has 0 spiro atoms. The van der Waals surface area contributed by atoms with Gasteiger partial charge in [-0.2, -0.15) is 0 Å². The predicted octanol–water partition coefficient (Wildman–Crippen LogP) is 3.32. The van der Waals surface area contributed by atoms with Crippen LogP contribution in [0.4, 0.5) is 17.3 Å². The highest BCUT2D eigenvalue weighted by Gasteiger charge is 2.29. The Hall–Kier alpha value is -4.72. The fourth-order valence-corrected chi connectivity index (χ4v) is 5.18. The highest BCUT2D eigenvalue weighted by atomic mass is 127. The molecule has 1 amide bonds. The van der Waals surface area contributed by atoms with Gasteiger partial charge in [0.15, 0.2) is 0 Å². The molecule has 3 heterocycles. The molecule has 1 aliphatic rings. The third-order valence-corrected chi connectivity index (χ3v) is 8.14. The van der Waals surface area contributed by atoms with Crippen LogP contribution in [0.5, 0.6) is 0 Å². The molecule has 3 aromatic carbocycles. The van der Waals surface area contributed by atoms with Gasteiger partial charge in [0.05, 0.1) is 25.8 Å². The Bertz CT molecular complexity index is 1760. The van der Waals surface area contributed by atoms with Gasteiger partial charge in [-0.05, 0) is 60.5 Å². The maximum absolute atomic E-state index is 13.0. The van der Waals surface area contributed by atoms with E-state index < -0.39 is 0 Å². The molecule has 5 aromatic rings. The minimum atomic E-state index is -0.238. The van der Waals surface area contributed by atoms with E-state index >= 15 is 0 Å². The summed E-state index contributed by atoms with van der Waals surface area (Å²) >= 11 is 0. The zero-order valence-electron chi connectivity index (χ0n) is 28.1. The van der Waals surface area contributed by atoms with Crippen molar-refractivity contribution in [2.45, 2.75) is 20.4 Å². The molecule has 49 heavy (non-hydrogen) atoms. The largest absolute Gasteiger partial charge is 1.00 e. The van der Waals surface area contributed by atoms with Crippen LogP contribution < -0.4 is 34.6 Å². The SMILES string of the molecule is CC(=O)OC[N+]1(C)CCN(Cc2ccc(C(=O)Nc3ccc(C)c(Nc4nccc(-c5cccnc5)n4)c3)cc2)CC1.[I-].c1ccccc1. The van der Waals surface area contributed by atoms with Crippen molar-refractivity contribution in [1.82, 2.24) is 19.9 Å². The molecule has 0 radical (unpaired) electrons. The lowest BCUT2D eigenvalue weighted by atomic mass is 10.1. The van der Waals surface area contributed by atoms with Gasteiger partial charge >= 0.3 is 5.97 Å². The van der Waals surface area contributed by atoms with Crippen LogP contribution in [-0.4, -0.2) is 76.2 Å². The van der Waals surface area contributed by atoms with Gasteiger partial charge in [-0.25, -0.2) is 9.97 Å². The Morgan fingerprint density at radius 2 is 1.59 bits per heavy atom. The van der Waals surface area contributed by atoms with Crippen LogP contribution >= 0.6 is 0 Å². The molecule has 2 N–H and O–H groups in total. The fraction of sp³-hybridized carbons (Fsp3) is 0.237. The zero-order valence-corrected chi connectivity index (χ0v) is 30.2. The predicted molar refractivity (Wildman–Crippen MR) is 188 cm³/mol. The number of carbonyl (C=O) groups excluding carboxylic acids is 2. The minimum Gasteiger partial charge on any atom is -1.00 e. The summed E-state index contributed by atoms with van der Waals surface area (Å²) in [6.07, 6.45) is 5.19. The normalized spacial score (nSPS) is 13.5. The summed E-state index contributed by atoms with van der Waals surface area (Å²) in [6.45, 7) is 8.34. The maximum atomic E-state index is 13.0. The van der Waals surface area contributed by atoms with E-state index in [1.807, 2.05) is 104 Å². The Morgan fingerprint density at radius 3 is 2.22 bits per heavy atom. The summed E-state index contributed by atoms with van der Waals surface area (Å²) in [5, 5.41) is 6.28. The monoisotopic (exact) mass is 771 g/mol. The number of likely N-dealkylation sites (N-methyl/N-ethyl adjacent to an activating group) is 1. The molecule has 254 valence electrons. The second kappa shape index (κ2) is 18.2. The Kier molecular flexibility index (Phi) is 13.7. The van der Waals surface area contributed by atoms with Gasteiger partial charge in [0.2, 0.25) is 12.7 Å². The van der Waals surface area contributed by atoms with E-state index in [4.69, 9.17) is 4.74 Å². The molecule has 0 aliphatic carbocycles. The van der Waals surface area contributed by atoms with Crippen LogP contribution in [0.15, 0.2) is 116 Å². The Labute approximate surface area is 305 Å². The number of nitrogens with zero attached hydrogens (tertiary/aromatic N) is 5. The summed E-state index contributed by atoms with van der Waals surface area (Å²) in [4.78, 5) is 39.7. The van der Waals surface area contributed by atoms with Gasteiger partial charge < -0.3 is 39.3 Å². The molecule has 1 saturated heterocycles. The average molecular weight is 772 g/mol. The van der Waals surface area contributed by atoms with E-state index in [0.29, 0.717) is 23.9 Å². The van der Waals surface area contributed by atoms with Crippen LogP contribution in [0, 0.1) is 6.92 Å². The van der Waals surface area contributed by atoms with Gasteiger partial charge in [0.1, 0.15) is 0 Å². The quantitative estimate of drug-likeness (QED) is 0.134. The van der Waals surface area contributed by atoms with Gasteiger partial charge in [0.25, 0.3) is 5.91 Å². The lowest BCUT2D eigenvalue weighted by molar-refractivity contribution is -0.929. The van der Waals surface area contributed by atoms with Crippen LogP contribution in [0.2, 0.25) is 0 Å². The number of quaternary nitrogens is 1. The summed E-state index contributed by atoms with van der Waals surface area (Å²) in [7, 11) is 2.12. The standard InChI is InChI=1S/C32H35N7O3.C6H6.HI/c1-23-6-11-28(19-30(23)37-32-34-14-12-29(36-32)27-5-4-13-33-20-27)35-31(41)26-9-7-25(8-10-26)21-38-15-17-39(3,18-16-38)22-42-24(2)40;1-2-4-6-5-3-1;/h4-14,19-20H,15-18,21-22H2,1-3H3,(H-,34,35,36,37,41);1-6H;1H. The topological polar surface area (TPSA) is 109 Å². The lowest BCUT2D eigenvalue weighted by Crippen LogP contribution is -3.00. The number of hydrogen-bond donors (Lipinski definition) is 2. The van der Waals surface area contributed by atoms with Crippen molar-refractivity contribution >= 4 is 29.2 Å². The van der Waals surface area contributed by atoms with Gasteiger partial charge in [-0.3, -0.25) is 24.0 Å². The summed E-state index contributed by atoms with van der Waals surface area (Å²) in [5.41, 5.74) is 5.88. The number of rotatable bonds is 9. The molecule has 0 saturated carbocycles. The number of aromatic nitrogens is 3. The number of halogens is 1. The minimum absolute atomic E-state index is 0. The first kappa shape index (κ1) is 37.1. The lowest BCUT2D eigenvalue weighted by Gasteiger charge is -2.41. The summed E-state index contributed by atoms with van der Waals surface area (Å²) in [5.74, 6) is 0.0424. The van der Waals surface area contributed by atoms with Crippen molar-refractivity contribution in [2.75, 3.05) is 50.6 Å². The van der Waals surface area contributed by atoms with E-state index in [-0.39, 0.29) is 35.9 Å². The number of pyridine rings is 1. The highest BCUT2D eigenvalue weighted by molar-refractivity contribution is 6.04. The first-order valence-electron chi connectivity index (χ1n) is 16.0. The van der Waals surface area contributed by atoms with Gasteiger partial charge in [-0.1, -0.05) is 54.6 Å². The third-order valence-electron chi connectivity index (χ3n) is 8.14. The number of ether oxygens (including phenoxy) is 1. The Balaban J connectivity index is 0.000000698. The smallest absolute Gasteiger partial charge is 0.306 e. The highest BCUT2D eigenvalue weighted by Crippen LogP contribution is 2.25. The summed E-state index contributed by atoms with van der Waals surface area (Å²) < 4.78 is 5.97. The molecule has 6 rings (SSSR count). The first-order chi connectivity index (χ1) is 23.3. The number of hydrogen-bond acceptors (Lipinski definition) is 8. The molecule has 0 atom stereocenters. The second-order valence-corrected chi connectivity index (χ2v) is 12.1. The van der Waals surface area contributed by atoms with Crippen molar-refractivity contribution < 1.29 is 42.8 Å². The van der Waals surface area contributed by atoms with Crippen LogP contribution in [0.1, 0.15) is 28.4 Å². The van der Waals surface area contributed by atoms with Crippen molar-refractivity contribution in [3.8, 4) is 11.3 Å². The molecule has 0 unspecified atom stereocenters. The number of carbonyl (C=O) groups is 2. The number of anilines is 3. The van der Waals surface area contributed by atoms with Crippen molar-refractivity contribution in [1.29, 1.82) is 0 Å². The van der Waals surface area contributed by atoms with Crippen LogP contribution in [0.25, 0.3) is 11.3 Å². The number of benzene rings is 3. The van der Waals surface area contributed by atoms with E-state index in [0.717, 1.165) is 65.3 Å². The number of aryl methyl sites for hydroxylation is 1. The number of nitrogens with one attached hydrogen (secondary N) is 2. The molecule has 10 nitrogen and oxygen atoms in total. The maximum Gasteiger partial charge on any atom is 0.306 e. The molecule has 0 bridgehead atoms. The van der Waals surface area contributed by atoms with E-state index in [9.17, 15) is 9.59 Å². The van der Waals surface area contributed by atoms with Crippen LogP contribution in [-0.2, 0) is 16.1 Å². The van der Waals surface area contributed by atoms with Crippen molar-refractivity contribution in [2.24, 2.45) is 0 Å². The summed E-state index contributed by atoms with van der Waals surface area (Å²) in [6, 6.07) is 31.1. The molecule has 1 fully saturated rings. The van der Waals surface area contributed by atoms with E-state index in [1.165, 1.54) is 6.92 Å². The van der Waals surface area contributed by atoms with Crippen molar-refractivity contribution in [3.05, 3.63) is 132 Å². The molecule has 1 aliphatic heterocycles. The third kappa shape index (κ3) is 11.4. The Morgan fingerprint density at radius 1 is 0.898 bits per heavy atom. The number of esters is 1. The molecule has 11 heteroatoms. The molecule has 2 aromatic heterocycles. The van der Waals surface area contributed by atoms with Gasteiger partial charge in [-0.15, -0.1) is 0 Å². The fourth-order valence-electron chi connectivity index (χ4n) is 5.18. The van der Waals surface area contributed by atoms with Gasteiger partial charge in [0, 0.05) is 67.7 Å². The molecular formula is C38H42IN7O3. The second-order valence-electron chi connectivity index (χ2n) is 12.1. The van der Waals surface area contributed by atoms with E-state index in [2.05, 4.69) is 37.5 Å². The number of piperazine rings is 1.